The van der Waals surface area contributed by atoms with E-state index in [0.717, 1.165) is 24.3 Å². The highest BCUT2D eigenvalue weighted by Gasteiger charge is 2.38. The second kappa shape index (κ2) is 6.05. The van der Waals surface area contributed by atoms with Gasteiger partial charge in [-0.05, 0) is 37.1 Å². The Morgan fingerprint density at radius 1 is 1.30 bits per heavy atom. The molecule has 1 aromatic heterocycles. The Morgan fingerprint density at radius 2 is 2.00 bits per heavy atom. The minimum absolute atomic E-state index is 0.0957. The predicted octanol–water partition coefficient (Wildman–Crippen LogP) is 3.46. The molecule has 1 fully saturated rings. The highest BCUT2D eigenvalue weighted by atomic mass is 32.2. The first kappa shape index (κ1) is 16.1. The molecule has 3 rings (SSSR count). The molecule has 1 aromatic carbocycles. The van der Waals surface area contributed by atoms with E-state index < -0.39 is 15.8 Å². The highest BCUT2D eigenvalue weighted by Crippen LogP contribution is 2.36. The predicted molar refractivity (Wildman–Crippen MR) is 82.9 cm³/mol. The van der Waals surface area contributed by atoms with E-state index in [2.05, 4.69) is 5.16 Å². The van der Waals surface area contributed by atoms with Crippen molar-refractivity contribution in [2.24, 2.45) is 0 Å². The average molecular weight is 338 g/mol. The third kappa shape index (κ3) is 3.03. The van der Waals surface area contributed by atoms with E-state index in [9.17, 15) is 12.8 Å². The van der Waals surface area contributed by atoms with Gasteiger partial charge in [0.1, 0.15) is 17.3 Å². The number of nitrogens with zero attached hydrogens (tertiary/aromatic N) is 2. The molecule has 0 N–H and O–H groups in total. The summed E-state index contributed by atoms with van der Waals surface area (Å²) in [4.78, 5) is 0.0957. The lowest BCUT2D eigenvalue weighted by molar-refractivity contribution is 0.338. The third-order valence-corrected chi connectivity index (χ3v) is 6.00. The Labute approximate surface area is 135 Å². The maximum absolute atomic E-state index is 13.0. The molecular weight excluding hydrogens is 319 g/mol. The number of halogens is 1. The summed E-state index contributed by atoms with van der Waals surface area (Å²) in [5, 5.41) is 4.05. The van der Waals surface area contributed by atoms with E-state index in [4.69, 9.17) is 4.52 Å². The molecule has 1 saturated heterocycles. The summed E-state index contributed by atoms with van der Waals surface area (Å²) < 4.78 is 45.4. The van der Waals surface area contributed by atoms with Gasteiger partial charge in [0.2, 0.25) is 10.0 Å². The van der Waals surface area contributed by atoms with Crippen molar-refractivity contribution in [3.63, 3.8) is 0 Å². The second-order valence-electron chi connectivity index (χ2n) is 6.04. The van der Waals surface area contributed by atoms with Gasteiger partial charge in [-0.15, -0.1) is 0 Å². The van der Waals surface area contributed by atoms with E-state index in [1.807, 2.05) is 19.9 Å². The van der Waals surface area contributed by atoms with Gasteiger partial charge in [-0.2, -0.15) is 4.31 Å². The average Bonchev–Trinajstić information content (AvgIpc) is 3.16. The number of aromatic nitrogens is 1. The third-order valence-electron chi connectivity index (χ3n) is 4.08. The molecule has 1 atom stereocenters. The van der Waals surface area contributed by atoms with E-state index in [1.165, 1.54) is 16.4 Å². The Morgan fingerprint density at radius 3 is 2.61 bits per heavy atom. The lowest BCUT2D eigenvalue weighted by atomic mass is 10.1. The Bertz CT molecular complexity index is 784. The topological polar surface area (TPSA) is 63.4 Å². The van der Waals surface area contributed by atoms with Crippen LogP contribution in [0.5, 0.6) is 0 Å². The number of sulfonamides is 1. The van der Waals surface area contributed by atoms with Crippen LogP contribution in [0.15, 0.2) is 39.8 Å². The summed E-state index contributed by atoms with van der Waals surface area (Å²) in [6, 6.07) is 6.40. The Kier molecular flexibility index (Phi) is 4.25. The molecule has 0 bridgehead atoms. The van der Waals surface area contributed by atoms with Crippen molar-refractivity contribution in [3.8, 4) is 0 Å². The number of hydrogen-bond acceptors (Lipinski definition) is 4. The van der Waals surface area contributed by atoms with E-state index in [1.54, 1.807) is 0 Å². The molecule has 0 unspecified atom stereocenters. The van der Waals surface area contributed by atoms with Crippen LogP contribution in [0, 0.1) is 5.82 Å². The van der Waals surface area contributed by atoms with Crippen molar-refractivity contribution in [3.05, 3.63) is 47.6 Å². The molecule has 1 aliphatic heterocycles. The molecule has 0 radical (unpaired) electrons. The van der Waals surface area contributed by atoms with Gasteiger partial charge in [0.25, 0.3) is 0 Å². The van der Waals surface area contributed by atoms with Gasteiger partial charge in [0.05, 0.1) is 10.9 Å². The summed E-state index contributed by atoms with van der Waals surface area (Å²) >= 11 is 0. The van der Waals surface area contributed by atoms with Crippen molar-refractivity contribution in [2.45, 2.75) is 43.5 Å². The molecule has 7 heteroatoms. The Balaban J connectivity index is 1.92. The summed E-state index contributed by atoms with van der Waals surface area (Å²) in [5.74, 6) is 0.478. The monoisotopic (exact) mass is 338 g/mol. The van der Waals surface area contributed by atoms with Gasteiger partial charge < -0.3 is 4.52 Å². The van der Waals surface area contributed by atoms with Crippen LogP contribution >= 0.6 is 0 Å². The molecule has 2 aromatic rings. The highest BCUT2D eigenvalue weighted by molar-refractivity contribution is 7.89. The lowest BCUT2D eigenvalue weighted by Crippen LogP contribution is -2.30. The van der Waals surface area contributed by atoms with Crippen LogP contribution in [0.1, 0.15) is 50.1 Å². The molecule has 23 heavy (non-hydrogen) atoms. The van der Waals surface area contributed by atoms with Gasteiger partial charge in [0.15, 0.2) is 0 Å². The molecule has 0 aliphatic carbocycles. The fourth-order valence-corrected chi connectivity index (χ4v) is 4.47. The summed E-state index contributed by atoms with van der Waals surface area (Å²) in [7, 11) is -3.68. The standard InChI is InChI=1S/C16H19FN2O3S/c1-11(2)16-10-14(18-22-16)15-4-3-9-19(15)23(20,21)13-7-5-12(17)6-8-13/h5-8,10-11,15H,3-4,9H2,1-2H3/t15-/m1/s1. The molecule has 124 valence electrons. The van der Waals surface area contributed by atoms with Crippen LogP contribution in [0.2, 0.25) is 0 Å². The van der Waals surface area contributed by atoms with Gasteiger partial charge in [-0.3, -0.25) is 0 Å². The molecule has 1 aliphatic rings. The zero-order valence-electron chi connectivity index (χ0n) is 13.1. The number of hydrogen-bond donors (Lipinski definition) is 0. The maximum atomic E-state index is 13.0. The van der Waals surface area contributed by atoms with Crippen LogP contribution < -0.4 is 0 Å². The van der Waals surface area contributed by atoms with Gasteiger partial charge in [0, 0.05) is 18.5 Å². The summed E-state index contributed by atoms with van der Waals surface area (Å²) in [5.41, 5.74) is 0.636. The quantitative estimate of drug-likeness (QED) is 0.856. The first-order valence-electron chi connectivity index (χ1n) is 7.63. The first-order chi connectivity index (χ1) is 10.9. The van der Waals surface area contributed by atoms with Gasteiger partial charge in [-0.1, -0.05) is 19.0 Å². The van der Waals surface area contributed by atoms with Crippen molar-refractivity contribution in [1.82, 2.24) is 9.46 Å². The minimum Gasteiger partial charge on any atom is -0.361 e. The molecule has 2 heterocycles. The smallest absolute Gasteiger partial charge is 0.243 e. The van der Waals surface area contributed by atoms with Crippen LogP contribution in [0.3, 0.4) is 0 Å². The first-order valence-corrected chi connectivity index (χ1v) is 9.07. The summed E-state index contributed by atoms with van der Waals surface area (Å²) in [6.45, 7) is 4.41. The van der Waals surface area contributed by atoms with Crippen molar-refractivity contribution >= 4 is 10.0 Å². The van der Waals surface area contributed by atoms with Gasteiger partial charge >= 0.3 is 0 Å². The Hall–Kier alpha value is -1.73. The fourth-order valence-electron chi connectivity index (χ4n) is 2.80. The molecule has 0 saturated carbocycles. The van der Waals surface area contributed by atoms with Crippen molar-refractivity contribution in [2.75, 3.05) is 6.54 Å². The van der Waals surface area contributed by atoms with Crippen molar-refractivity contribution in [1.29, 1.82) is 0 Å². The van der Waals surface area contributed by atoms with Crippen LogP contribution in [0.4, 0.5) is 4.39 Å². The van der Waals surface area contributed by atoms with Gasteiger partial charge in [-0.25, -0.2) is 12.8 Å². The fraction of sp³-hybridized carbons (Fsp3) is 0.438. The zero-order valence-corrected chi connectivity index (χ0v) is 13.9. The zero-order chi connectivity index (χ0) is 16.6. The minimum atomic E-state index is -3.68. The van der Waals surface area contributed by atoms with E-state index >= 15 is 0 Å². The molecule has 5 nitrogen and oxygen atoms in total. The van der Waals surface area contributed by atoms with Crippen LogP contribution in [0.25, 0.3) is 0 Å². The molecular formula is C16H19FN2O3S. The largest absolute Gasteiger partial charge is 0.361 e. The maximum Gasteiger partial charge on any atom is 0.243 e. The van der Waals surface area contributed by atoms with Crippen LogP contribution in [-0.2, 0) is 10.0 Å². The second-order valence-corrected chi connectivity index (χ2v) is 7.93. The van der Waals surface area contributed by atoms with Crippen LogP contribution in [-0.4, -0.2) is 24.4 Å². The van der Waals surface area contributed by atoms with Crippen molar-refractivity contribution < 1.29 is 17.3 Å². The van der Waals surface area contributed by atoms with E-state index in [0.29, 0.717) is 18.7 Å². The normalized spacial score (nSPS) is 19.6. The number of benzene rings is 1. The summed E-state index contributed by atoms with van der Waals surface area (Å²) in [6.07, 6.45) is 1.46. The molecule has 0 amide bonds. The number of rotatable bonds is 4. The lowest BCUT2D eigenvalue weighted by Gasteiger charge is -2.22. The van der Waals surface area contributed by atoms with E-state index in [-0.39, 0.29) is 16.9 Å². The molecule has 0 spiro atoms. The SMILES string of the molecule is CC(C)c1cc([C@H]2CCCN2S(=O)(=O)c2ccc(F)cc2)no1.